The molecule has 0 spiro atoms. The summed E-state index contributed by atoms with van der Waals surface area (Å²) in [6, 6.07) is 0. The molecule has 0 saturated carbocycles. The largest absolute Gasteiger partial charge is 0.360 e. The van der Waals surface area contributed by atoms with Crippen molar-refractivity contribution in [2.24, 2.45) is 0 Å². The molecule has 2 aromatic heterocycles. The predicted molar refractivity (Wildman–Crippen MR) is 68.1 cm³/mol. The standard InChI is InChI=1S/C11H16N4O3S/c1-6-10(7(2)14-13-6)5-12-19(16,17)11-8(3)15-18-9(11)4/h12H,5H2,1-4H3,(H,13,14). The van der Waals surface area contributed by atoms with E-state index >= 15 is 0 Å². The van der Waals surface area contributed by atoms with E-state index in [0.717, 1.165) is 17.0 Å². The van der Waals surface area contributed by atoms with Gasteiger partial charge in [-0.3, -0.25) is 5.10 Å². The predicted octanol–water partition coefficient (Wildman–Crippen LogP) is 1.11. The average molecular weight is 284 g/mol. The van der Waals surface area contributed by atoms with Crippen molar-refractivity contribution in [3.05, 3.63) is 28.4 Å². The summed E-state index contributed by atoms with van der Waals surface area (Å²) in [5, 5.41) is 10.5. The van der Waals surface area contributed by atoms with Crippen LogP contribution in [0, 0.1) is 27.7 Å². The van der Waals surface area contributed by atoms with Gasteiger partial charge in [-0.15, -0.1) is 0 Å². The Bertz CT molecular complexity index is 661. The highest BCUT2D eigenvalue weighted by atomic mass is 32.2. The van der Waals surface area contributed by atoms with Crippen molar-refractivity contribution in [3.63, 3.8) is 0 Å². The summed E-state index contributed by atoms with van der Waals surface area (Å²) >= 11 is 0. The number of aromatic amines is 1. The van der Waals surface area contributed by atoms with E-state index in [4.69, 9.17) is 4.52 Å². The van der Waals surface area contributed by atoms with Crippen LogP contribution < -0.4 is 4.72 Å². The summed E-state index contributed by atoms with van der Waals surface area (Å²) in [5.41, 5.74) is 2.82. The molecule has 0 bridgehead atoms. The molecular formula is C11H16N4O3S. The molecule has 0 radical (unpaired) electrons. The van der Waals surface area contributed by atoms with E-state index in [0.29, 0.717) is 5.69 Å². The van der Waals surface area contributed by atoms with E-state index in [1.165, 1.54) is 0 Å². The lowest BCUT2D eigenvalue weighted by Crippen LogP contribution is -2.24. The first-order valence-electron chi connectivity index (χ1n) is 5.76. The third-order valence-electron chi connectivity index (χ3n) is 2.96. The summed E-state index contributed by atoms with van der Waals surface area (Å²) < 4.78 is 31.8. The molecule has 2 heterocycles. The number of aromatic nitrogens is 3. The van der Waals surface area contributed by atoms with Crippen LogP contribution >= 0.6 is 0 Å². The highest BCUT2D eigenvalue weighted by molar-refractivity contribution is 7.89. The molecule has 8 heteroatoms. The second kappa shape index (κ2) is 4.78. The SMILES string of the molecule is Cc1n[nH]c(C)c1CNS(=O)(=O)c1c(C)noc1C. The van der Waals surface area contributed by atoms with E-state index in [1.807, 2.05) is 13.8 Å². The second-order valence-corrected chi connectivity index (χ2v) is 6.09. The first-order chi connectivity index (χ1) is 8.83. The van der Waals surface area contributed by atoms with Crippen molar-refractivity contribution in [3.8, 4) is 0 Å². The fourth-order valence-electron chi connectivity index (χ4n) is 1.93. The van der Waals surface area contributed by atoms with Crippen molar-refractivity contribution in [2.75, 3.05) is 0 Å². The van der Waals surface area contributed by atoms with E-state index < -0.39 is 10.0 Å². The van der Waals surface area contributed by atoms with Gasteiger partial charge in [-0.2, -0.15) is 5.10 Å². The molecular weight excluding hydrogens is 268 g/mol. The van der Waals surface area contributed by atoms with Crippen LogP contribution in [0.4, 0.5) is 0 Å². The Morgan fingerprint density at radius 2 is 1.89 bits per heavy atom. The van der Waals surface area contributed by atoms with Crippen LogP contribution in [0.15, 0.2) is 9.42 Å². The second-order valence-electron chi connectivity index (χ2n) is 4.39. The number of rotatable bonds is 4. The zero-order chi connectivity index (χ0) is 14.2. The fraction of sp³-hybridized carbons (Fsp3) is 0.455. The molecule has 0 aromatic carbocycles. The number of hydrogen-bond acceptors (Lipinski definition) is 5. The first kappa shape index (κ1) is 13.8. The topological polar surface area (TPSA) is 101 Å². The Kier molecular flexibility index (Phi) is 3.46. The molecule has 0 aliphatic carbocycles. The van der Waals surface area contributed by atoms with Crippen molar-refractivity contribution >= 4 is 10.0 Å². The van der Waals surface area contributed by atoms with Crippen LogP contribution in [0.1, 0.15) is 28.4 Å². The van der Waals surface area contributed by atoms with Gasteiger partial charge in [0.25, 0.3) is 0 Å². The highest BCUT2D eigenvalue weighted by Gasteiger charge is 2.24. The maximum atomic E-state index is 12.2. The molecule has 0 amide bonds. The van der Waals surface area contributed by atoms with Gasteiger partial charge in [0, 0.05) is 17.8 Å². The molecule has 0 fully saturated rings. The van der Waals surface area contributed by atoms with Crippen molar-refractivity contribution in [1.29, 1.82) is 0 Å². The fourth-order valence-corrected chi connectivity index (χ4v) is 3.25. The minimum atomic E-state index is -3.64. The minimum absolute atomic E-state index is 0.103. The van der Waals surface area contributed by atoms with Gasteiger partial charge in [-0.1, -0.05) is 5.16 Å². The third kappa shape index (κ3) is 2.54. The number of aryl methyl sites for hydroxylation is 4. The number of sulfonamides is 1. The summed E-state index contributed by atoms with van der Waals surface area (Å²) in [7, 11) is -3.64. The maximum absolute atomic E-state index is 12.2. The van der Waals surface area contributed by atoms with Crippen molar-refractivity contribution in [1.82, 2.24) is 20.1 Å². The Balaban J connectivity index is 2.24. The Labute approximate surface area is 111 Å². The van der Waals surface area contributed by atoms with Crippen molar-refractivity contribution < 1.29 is 12.9 Å². The number of nitrogens with one attached hydrogen (secondary N) is 2. The number of nitrogens with zero attached hydrogens (tertiary/aromatic N) is 2. The molecule has 0 aliphatic heterocycles. The highest BCUT2D eigenvalue weighted by Crippen LogP contribution is 2.19. The molecule has 0 aliphatic rings. The summed E-state index contributed by atoms with van der Waals surface area (Å²) in [4.78, 5) is 0.103. The Morgan fingerprint density at radius 1 is 1.21 bits per heavy atom. The zero-order valence-corrected chi connectivity index (χ0v) is 12.1. The summed E-state index contributed by atoms with van der Waals surface area (Å²) in [6.45, 7) is 7.02. The van der Waals surface area contributed by atoms with Gasteiger partial charge in [0.05, 0.1) is 5.69 Å². The van der Waals surface area contributed by atoms with Crippen LogP contribution in [-0.2, 0) is 16.6 Å². The van der Waals surface area contributed by atoms with Gasteiger partial charge in [0.1, 0.15) is 10.6 Å². The van der Waals surface area contributed by atoms with Crippen LogP contribution in [0.25, 0.3) is 0 Å². The Hall–Kier alpha value is -1.67. The minimum Gasteiger partial charge on any atom is -0.360 e. The summed E-state index contributed by atoms with van der Waals surface area (Å²) in [5.74, 6) is 0.283. The van der Waals surface area contributed by atoms with Crippen LogP contribution in [-0.4, -0.2) is 23.8 Å². The molecule has 19 heavy (non-hydrogen) atoms. The monoisotopic (exact) mass is 284 g/mol. The van der Waals surface area contributed by atoms with E-state index in [-0.39, 0.29) is 17.2 Å². The lowest BCUT2D eigenvalue weighted by molar-refractivity contribution is 0.390. The molecule has 104 valence electrons. The zero-order valence-electron chi connectivity index (χ0n) is 11.2. The third-order valence-corrected chi connectivity index (χ3v) is 4.60. The maximum Gasteiger partial charge on any atom is 0.246 e. The first-order valence-corrected chi connectivity index (χ1v) is 7.24. The molecule has 2 N–H and O–H groups in total. The van der Waals surface area contributed by atoms with E-state index in [9.17, 15) is 8.42 Å². The number of H-pyrrole nitrogens is 1. The van der Waals surface area contributed by atoms with Gasteiger partial charge in [0.2, 0.25) is 10.0 Å². The molecule has 7 nitrogen and oxygen atoms in total. The molecule has 0 atom stereocenters. The van der Waals surface area contributed by atoms with Crippen LogP contribution in [0.5, 0.6) is 0 Å². The van der Waals surface area contributed by atoms with E-state index in [2.05, 4.69) is 20.1 Å². The summed E-state index contributed by atoms with van der Waals surface area (Å²) in [6.07, 6.45) is 0. The Morgan fingerprint density at radius 3 is 2.37 bits per heavy atom. The lowest BCUT2D eigenvalue weighted by Gasteiger charge is -2.06. The van der Waals surface area contributed by atoms with Crippen LogP contribution in [0.3, 0.4) is 0 Å². The smallest absolute Gasteiger partial charge is 0.246 e. The van der Waals surface area contributed by atoms with Gasteiger partial charge in [-0.05, 0) is 27.7 Å². The molecule has 0 saturated heterocycles. The molecule has 2 aromatic rings. The van der Waals surface area contributed by atoms with Gasteiger partial charge >= 0.3 is 0 Å². The normalized spacial score (nSPS) is 12.0. The van der Waals surface area contributed by atoms with Crippen molar-refractivity contribution in [2.45, 2.75) is 39.1 Å². The van der Waals surface area contributed by atoms with Gasteiger partial charge in [0.15, 0.2) is 5.76 Å². The van der Waals surface area contributed by atoms with Gasteiger partial charge in [-0.25, -0.2) is 13.1 Å². The molecule has 2 rings (SSSR count). The quantitative estimate of drug-likeness (QED) is 0.875. The number of hydrogen-bond donors (Lipinski definition) is 2. The van der Waals surface area contributed by atoms with Crippen LogP contribution in [0.2, 0.25) is 0 Å². The average Bonchev–Trinajstić information content (AvgIpc) is 2.81. The van der Waals surface area contributed by atoms with Gasteiger partial charge < -0.3 is 4.52 Å². The lowest BCUT2D eigenvalue weighted by atomic mass is 10.2. The molecule has 0 unspecified atom stereocenters. The van der Waals surface area contributed by atoms with E-state index in [1.54, 1.807) is 13.8 Å².